The van der Waals surface area contributed by atoms with E-state index >= 15 is 0 Å². The van der Waals surface area contributed by atoms with Gasteiger partial charge < -0.3 is 14.8 Å². The van der Waals surface area contributed by atoms with E-state index in [0.29, 0.717) is 29.8 Å². The molecule has 1 fully saturated rings. The zero-order chi connectivity index (χ0) is 19.8. The van der Waals surface area contributed by atoms with Gasteiger partial charge in [0.2, 0.25) is 5.91 Å². The van der Waals surface area contributed by atoms with Crippen LogP contribution in [0.5, 0.6) is 0 Å². The summed E-state index contributed by atoms with van der Waals surface area (Å²) in [5.74, 6) is -0.526. The van der Waals surface area contributed by atoms with E-state index in [1.54, 1.807) is 24.2 Å². The van der Waals surface area contributed by atoms with Gasteiger partial charge >= 0.3 is 0 Å². The summed E-state index contributed by atoms with van der Waals surface area (Å²) in [7, 11) is 1.72. The third-order valence-corrected chi connectivity index (χ3v) is 4.28. The molecule has 1 saturated heterocycles. The van der Waals surface area contributed by atoms with Gasteiger partial charge in [0.25, 0.3) is 0 Å². The van der Waals surface area contributed by atoms with Crippen LogP contribution in [-0.4, -0.2) is 51.9 Å². The number of carbonyl (C=O) groups excluding carboxylic acids is 1. The van der Waals surface area contributed by atoms with Gasteiger partial charge in [-0.2, -0.15) is 5.26 Å². The fourth-order valence-corrected chi connectivity index (χ4v) is 2.97. The average Bonchev–Trinajstić information content (AvgIpc) is 3.07. The number of amides is 1. The van der Waals surface area contributed by atoms with Crippen LogP contribution in [-0.2, 0) is 4.79 Å². The minimum Gasteiger partial charge on any atom is -0.354 e. The Kier molecular flexibility index (Phi) is 2.99. The molecule has 7 heteroatoms. The summed E-state index contributed by atoms with van der Waals surface area (Å²) in [6.45, 7) is -1.71. The predicted molar refractivity (Wildman–Crippen MR) is 86.7 cm³/mol. The van der Waals surface area contributed by atoms with Crippen molar-refractivity contribution in [3.05, 3.63) is 18.6 Å². The number of likely N-dealkylation sites (tertiary alicyclic amines) is 1. The van der Waals surface area contributed by atoms with Crippen molar-refractivity contribution in [3.8, 4) is 6.07 Å². The quantitative estimate of drug-likeness (QED) is 0.928. The van der Waals surface area contributed by atoms with Crippen LogP contribution in [0.15, 0.2) is 18.6 Å². The highest BCUT2D eigenvalue weighted by molar-refractivity contribution is 5.87. The number of hydrogen-bond donors (Lipinski definition) is 1. The van der Waals surface area contributed by atoms with Crippen LogP contribution in [0, 0.1) is 17.2 Å². The second kappa shape index (κ2) is 6.24. The SMILES string of the molecule is [2H]c1nc(N(C)[C@H]2CN(C(=O)CC#N)CC[C@H]2C([2H])([2H])[2H])c2cc[nH]c2n1. The number of nitrogens with one attached hydrogen (secondary N) is 1. The molecule has 0 aliphatic carbocycles. The molecule has 3 rings (SSSR count). The number of rotatable bonds is 3. The highest BCUT2D eigenvalue weighted by Crippen LogP contribution is 2.28. The van der Waals surface area contributed by atoms with Crippen molar-refractivity contribution in [1.29, 1.82) is 5.26 Å². The van der Waals surface area contributed by atoms with Gasteiger partial charge in [0.15, 0.2) is 0 Å². The van der Waals surface area contributed by atoms with E-state index in [1.807, 2.05) is 6.07 Å². The number of anilines is 1. The van der Waals surface area contributed by atoms with Crippen LogP contribution in [0.4, 0.5) is 5.82 Å². The monoisotopic (exact) mass is 316 g/mol. The van der Waals surface area contributed by atoms with E-state index in [2.05, 4.69) is 15.0 Å². The Bertz CT molecular complexity index is 889. The molecule has 1 N–H and O–H groups in total. The highest BCUT2D eigenvalue weighted by atomic mass is 16.2. The Morgan fingerprint density at radius 3 is 3.35 bits per heavy atom. The van der Waals surface area contributed by atoms with Gasteiger partial charge in [0.05, 0.1) is 17.5 Å². The summed E-state index contributed by atoms with van der Waals surface area (Å²) in [5, 5.41) is 9.47. The number of aromatic nitrogens is 3. The van der Waals surface area contributed by atoms with Gasteiger partial charge in [0.1, 0.15) is 25.6 Å². The molecule has 0 spiro atoms. The molecule has 1 aliphatic rings. The molecule has 7 nitrogen and oxygen atoms in total. The lowest BCUT2D eigenvalue weighted by Gasteiger charge is -2.42. The molecule has 2 aromatic heterocycles. The van der Waals surface area contributed by atoms with Crippen molar-refractivity contribution in [3.63, 3.8) is 0 Å². The Hall–Kier alpha value is -2.62. The predicted octanol–water partition coefficient (Wildman–Crippen LogP) is 1.54. The van der Waals surface area contributed by atoms with Gasteiger partial charge in [-0.15, -0.1) is 0 Å². The van der Waals surface area contributed by atoms with E-state index in [-0.39, 0.29) is 25.2 Å². The number of nitriles is 1. The standard InChI is InChI=1S/C16H20N6O/c1-11-5-8-22(14(23)3-6-17)9-13(11)21(2)16-12-4-7-18-15(12)19-10-20-16/h4,7,10-11,13H,3,5,8-9H2,1-2H3,(H,18,19,20)/t11-,13+/m1/s1/i1D3,10D. The fourth-order valence-electron chi connectivity index (χ4n) is 2.97. The van der Waals surface area contributed by atoms with Gasteiger partial charge in [-0.25, -0.2) is 9.97 Å². The van der Waals surface area contributed by atoms with Gasteiger partial charge in [-0.3, -0.25) is 4.79 Å². The number of carbonyl (C=O) groups is 1. The first-order chi connectivity index (χ1) is 12.7. The lowest BCUT2D eigenvalue weighted by atomic mass is 9.92. The van der Waals surface area contributed by atoms with Gasteiger partial charge in [-0.05, 0) is 18.4 Å². The zero-order valence-corrected chi connectivity index (χ0v) is 12.8. The van der Waals surface area contributed by atoms with Crippen molar-refractivity contribution in [2.45, 2.75) is 25.7 Å². The Morgan fingerprint density at radius 2 is 2.57 bits per heavy atom. The normalized spacial score (nSPS) is 24.3. The van der Waals surface area contributed by atoms with Crippen molar-refractivity contribution < 1.29 is 10.3 Å². The van der Waals surface area contributed by atoms with Crippen LogP contribution in [0.25, 0.3) is 11.0 Å². The van der Waals surface area contributed by atoms with Crippen molar-refractivity contribution in [2.75, 3.05) is 25.0 Å². The molecule has 2 atom stereocenters. The molecule has 0 saturated carbocycles. The van der Waals surface area contributed by atoms with Crippen molar-refractivity contribution in [1.82, 2.24) is 19.9 Å². The number of fused-ring (bicyclic) bond motifs is 1. The average molecular weight is 316 g/mol. The zero-order valence-electron chi connectivity index (χ0n) is 16.8. The maximum absolute atomic E-state index is 12.2. The van der Waals surface area contributed by atoms with Crippen LogP contribution in [0.3, 0.4) is 0 Å². The van der Waals surface area contributed by atoms with E-state index in [0.717, 1.165) is 0 Å². The molecule has 1 amide bonds. The number of H-pyrrole nitrogens is 1. The molecule has 0 bridgehead atoms. The number of piperidine rings is 1. The van der Waals surface area contributed by atoms with E-state index in [1.165, 1.54) is 4.90 Å². The second-order valence-electron chi connectivity index (χ2n) is 5.64. The molecular weight excluding hydrogens is 292 g/mol. The molecule has 23 heavy (non-hydrogen) atoms. The number of hydrogen-bond acceptors (Lipinski definition) is 5. The summed E-state index contributed by atoms with van der Waals surface area (Å²) in [4.78, 5) is 26.6. The first-order valence-electron chi connectivity index (χ1n) is 9.41. The first kappa shape index (κ1) is 11.0. The minimum absolute atomic E-state index is 0.176. The lowest BCUT2D eigenvalue weighted by molar-refractivity contribution is -0.131. The third kappa shape index (κ3) is 2.84. The molecule has 2 aromatic rings. The Labute approximate surface area is 140 Å². The minimum atomic E-state index is -2.20. The van der Waals surface area contributed by atoms with E-state index in [4.69, 9.17) is 10.7 Å². The maximum atomic E-state index is 12.2. The molecule has 3 heterocycles. The Balaban J connectivity index is 1.98. The van der Waals surface area contributed by atoms with Gasteiger partial charge in [-0.1, -0.05) is 6.85 Å². The van der Waals surface area contributed by atoms with E-state index < -0.39 is 18.8 Å². The van der Waals surface area contributed by atoms with Crippen molar-refractivity contribution in [2.24, 2.45) is 5.92 Å². The van der Waals surface area contributed by atoms with Crippen LogP contribution in [0.1, 0.15) is 25.2 Å². The molecular formula is C16H20N6O. The molecule has 0 aromatic carbocycles. The first-order valence-corrected chi connectivity index (χ1v) is 7.41. The topological polar surface area (TPSA) is 88.9 Å². The number of aromatic amines is 1. The fraction of sp³-hybridized carbons (Fsp3) is 0.500. The third-order valence-electron chi connectivity index (χ3n) is 4.28. The molecule has 120 valence electrons. The summed E-state index contributed by atoms with van der Waals surface area (Å²) in [6, 6.07) is 3.09. The highest BCUT2D eigenvalue weighted by Gasteiger charge is 2.32. The Morgan fingerprint density at radius 1 is 1.70 bits per heavy atom. The largest absolute Gasteiger partial charge is 0.354 e. The summed E-state index contributed by atoms with van der Waals surface area (Å²) in [5.41, 5.74) is 0.496. The lowest BCUT2D eigenvalue weighted by Crippen LogP contribution is -2.52. The van der Waals surface area contributed by atoms with Crippen molar-refractivity contribution >= 4 is 22.8 Å². The molecule has 0 radical (unpaired) electrons. The summed E-state index contributed by atoms with van der Waals surface area (Å²) >= 11 is 0. The summed E-state index contributed by atoms with van der Waals surface area (Å²) < 4.78 is 31.6. The number of nitrogens with zero attached hydrogens (tertiary/aromatic N) is 5. The maximum Gasteiger partial charge on any atom is 0.236 e. The van der Waals surface area contributed by atoms with Crippen LogP contribution >= 0.6 is 0 Å². The number of likely N-dealkylation sites (N-methyl/N-ethyl adjacent to an activating group) is 1. The van der Waals surface area contributed by atoms with Gasteiger partial charge in [0, 0.05) is 30.4 Å². The summed E-state index contributed by atoms with van der Waals surface area (Å²) in [6.07, 6.45) is 1.57. The van der Waals surface area contributed by atoms with Crippen LogP contribution < -0.4 is 4.90 Å². The molecule has 0 unspecified atom stereocenters. The van der Waals surface area contributed by atoms with E-state index in [9.17, 15) is 4.79 Å². The second-order valence-corrected chi connectivity index (χ2v) is 5.64. The van der Waals surface area contributed by atoms with Crippen LogP contribution in [0.2, 0.25) is 0 Å². The molecule has 1 aliphatic heterocycles. The smallest absolute Gasteiger partial charge is 0.236 e.